The van der Waals surface area contributed by atoms with Gasteiger partial charge in [-0.15, -0.1) is 0 Å². The van der Waals surface area contributed by atoms with Crippen molar-refractivity contribution in [3.8, 4) is 0 Å². The number of rotatable bonds is 3. The Morgan fingerprint density at radius 3 is 2.47 bits per heavy atom. The molecule has 5 nitrogen and oxygen atoms in total. The van der Waals surface area contributed by atoms with E-state index in [2.05, 4.69) is 10.0 Å². The molecule has 1 rings (SSSR count). The summed E-state index contributed by atoms with van der Waals surface area (Å²) >= 11 is 0. The van der Waals surface area contributed by atoms with E-state index in [1.807, 2.05) is 0 Å². The SMILES string of the molecule is [N-]=[N+]=N/C(=C/c1ccc(C(F)(F)F)cc1F)C(=O)O. The van der Waals surface area contributed by atoms with Crippen molar-refractivity contribution in [1.82, 2.24) is 0 Å². The van der Waals surface area contributed by atoms with E-state index in [-0.39, 0.29) is 6.07 Å². The lowest BCUT2D eigenvalue weighted by Crippen LogP contribution is -2.05. The average Bonchev–Trinajstić information content (AvgIpc) is 2.29. The van der Waals surface area contributed by atoms with Gasteiger partial charge in [-0.1, -0.05) is 11.2 Å². The fourth-order valence-electron chi connectivity index (χ4n) is 1.15. The normalized spacial score (nSPS) is 11.9. The third-order valence-electron chi connectivity index (χ3n) is 1.99. The number of carboxylic acids is 1. The predicted octanol–water partition coefficient (Wildman–Crippen LogP) is 3.58. The van der Waals surface area contributed by atoms with Gasteiger partial charge in [-0.05, 0) is 23.7 Å². The fraction of sp³-hybridized carbons (Fsp3) is 0.100. The topological polar surface area (TPSA) is 86.1 Å². The molecule has 0 heterocycles. The molecule has 0 saturated heterocycles. The molecule has 0 radical (unpaired) electrons. The second kappa shape index (κ2) is 5.40. The highest BCUT2D eigenvalue weighted by molar-refractivity contribution is 5.91. The van der Waals surface area contributed by atoms with E-state index in [0.29, 0.717) is 12.1 Å². The maximum Gasteiger partial charge on any atom is 0.416 e. The highest BCUT2D eigenvalue weighted by Gasteiger charge is 2.31. The summed E-state index contributed by atoms with van der Waals surface area (Å²) in [5, 5.41) is 11.4. The van der Waals surface area contributed by atoms with Crippen molar-refractivity contribution in [3.05, 3.63) is 51.3 Å². The van der Waals surface area contributed by atoms with Crippen molar-refractivity contribution in [2.45, 2.75) is 6.18 Å². The van der Waals surface area contributed by atoms with Crippen LogP contribution in [0.5, 0.6) is 0 Å². The number of carboxylic acid groups (broad SMARTS) is 1. The lowest BCUT2D eigenvalue weighted by Gasteiger charge is -2.07. The minimum atomic E-state index is -4.70. The Hall–Kier alpha value is -2.54. The van der Waals surface area contributed by atoms with Gasteiger partial charge in [-0.2, -0.15) is 13.2 Å². The first-order valence-corrected chi connectivity index (χ1v) is 4.62. The number of hydrogen-bond donors (Lipinski definition) is 1. The third-order valence-corrected chi connectivity index (χ3v) is 1.99. The zero-order valence-electron chi connectivity index (χ0n) is 9.02. The first-order chi connectivity index (χ1) is 8.75. The van der Waals surface area contributed by atoms with Gasteiger partial charge in [-0.25, -0.2) is 9.18 Å². The summed E-state index contributed by atoms with van der Waals surface area (Å²) in [5.41, 5.74) is 5.62. The van der Waals surface area contributed by atoms with E-state index in [9.17, 15) is 22.4 Å². The number of carbonyl (C=O) groups is 1. The molecule has 0 aliphatic rings. The van der Waals surface area contributed by atoms with Crippen molar-refractivity contribution >= 4 is 12.0 Å². The molecule has 0 spiro atoms. The molecule has 0 aromatic heterocycles. The Balaban J connectivity index is 3.27. The van der Waals surface area contributed by atoms with Crippen LogP contribution in [0.4, 0.5) is 17.6 Å². The van der Waals surface area contributed by atoms with Gasteiger partial charge in [0.1, 0.15) is 11.5 Å². The standard InChI is InChI=1S/C10H5F4N3O2/c11-7-4-6(10(12,13)14)2-1-5(7)3-8(9(18)19)16-17-15/h1-4H,(H,18,19)/b8-3+. The van der Waals surface area contributed by atoms with Crippen LogP contribution < -0.4 is 0 Å². The molecular formula is C10H5F4N3O2. The Morgan fingerprint density at radius 2 is 2.05 bits per heavy atom. The number of halogens is 4. The molecule has 9 heteroatoms. The Kier molecular flexibility index (Phi) is 4.13. The average molecular weight is 275 g/mol. The van der Waals surface area contributed by atoms with Crippen LogP contribution in [0, 0.1) is 5.82 Å². The molecule has 1 aromatic carbocycles. The third kappa shape index (κ3) is 3.71. The summed E-state index contributed by atoms with van der Waals surface area (Å²) in [6.07, 6.45) is -4.07. The van der Waals surface area contributed by atoms with Gasteiger partial charge < -0.3 is 5.11 Å². The molecule has 0 bridgehead atoms. The predicted molar refractivity (Wildman–Crippen MR) is 56.2 cm³/mol. The smallest absolute Gasteiger partial charge is 0.416 e. The number of alkyl halides is 3. The van der Waals surface area contributed by atoms with Crippen molar-refractivity contribution in [2.75, 3.05) is 0 Å². The molecule has 0 atom stereocenters. The van der Waals surface area contributed by atoms with Crippen LogP contribution in [0.3, 0.4) is 0 Å². The van der Waals surface area contributed by atoms with Crippen molar-refractivity contribution in [2.24, 2.45) is 5.11 Å². The quantitative estimate of drug-likeness (QED) is 0.300. The second-order valence-electron chi connectivity index (χ2n) is 3.26. The van der Waals surface area contributed by atoms with E-state index >= 15 is 0 Å². The molecule has 0 amide bonds. The largest absolute Gasteiger partial charge is 0.478 e. The van der Waals surface area contributed by atoms with E-state index in [1.54, 1.807) is 0 Å². The monoisotopic (exact) mass is 275 g/mol. The van der Waals surface area contributed by atoms with Gasteiger partial charge in [0.25, 0.3) is 0 Å². The van der Waals surface area contributed by atoms with Crippen LogP contribution in [-0.4, -0.2) is 11.1 Å². The molecule has 1 N–H and O–H groups in total. The van der Waals surface area contributed by atoms with Crippen molar-refractivity contribution in [3.63, 3.8) is 0 Å². The van der Waals surface area contributed by atoms with Crippen LogP contribution in [0.1, 0.15) is 11.1 Å². The summed E-state index contributed by atoms with van der Waals surface area (Å²) in [7, 11) is 0. The van der Waals surface area contributed by atoms with E-state index in [4.69, 9.17) is 10.6 Å². The van der Waals surface area contributed by atoms with Gasteiger partial charge in [0, 0.05) is 10.5 Å². The maximum atomic E-state index is 13.4. The number of hydrogen-bond acceptors (Lipinski definition) is 2. The zero-order chi connectivity index (χ0) is 14.6. The molecular weight excluding hydrogens is 270 g/mol. The van der Waals surface area contributed by atoms with Crippen molar-refractivity contribution < 1.29 is 27.5 Å². The van der Waals surface area contributed by atoms with Crippen molar-refractivity contribution in [1.29, 1.82) is 0 Å². The number of benzene rings is 1. The highest BCUT2D eigenvalue weighted by Crippen LogP contribution is 2.30. The van der Waals surface area contributed by atoms with E-state index in [0.717, 1.165) is 6.07 Å². The van der Waals surface area contributed by atoms with Crippen LogP contribution in [0.25, 0.3) is 16.5 Å². The lowest BCUT2D eigenvalue weighted by molar-refractivity contribution is -0.137. The summed E-state index contributed by atoms with van der Waals surface area (Å²) in [6, 6.07) is 1.56. The summed E-state index contributed by atoms with van der Waals surface area (Å²) in [5.74, 6) is -2.90. The lowest BCUT2D eigenvalue weighted by atomic mass is 10.1. The van der Waals surface area contributed by atoms with Crippen LogP contribution in [-0.2, 0) is 11.0 Å². The Bertz CT molecular complexity index is 585. The number of nitrogens with zero attached hydrogens (tertiary/aromatic N) is 3. The molecule has 0 aliphatic carbocycles. The van der Waals surface area contributed by atoms with Crippen LogP contribution in [0.2, 0.25) is 0 Å². The second-order valence-corrected chi connectivity index (χ2v) is 3.26. The van der Waals surface area contributed by atoms with Crippen LogP contribution in [0.15, 0.2) is 29.0 Å². The first-order valence-electron chi connectivity index (χ1n) is 4.62. The van der Waals surface area contributed by atoms with Gasteiger partial charge in [0.2, 0.25) is 0 Å². The number of azide groups is 1. The summed E-state index contributed by atoms with van der Waals surface area (Å²) < 4.78 is 50.2. The van der Waals surface area contributed by atoms with E-state index < -0.39 is 34.8 Å². The van der Waals surface area contributed by atoms with Gasteiger partial charge in [0.05, 0.1) is 5.56 Å². The van der Waals surface area contributed by atoms with Gasteiger partial charge >= 0.3 is 12.1 Å². The van der Waals surface area contributed by atoms with Gasteiger partial charge in [0.15, 0.2) is 0 Å². The molecule has 19 heavy (non-hydrogen) atoms. The Morgan fingerprint density at radius 1 is 1.42 bits per heavy atom. The molecule has 0 fully saturated rings. The number of aliphatic carboxylic acids is 1. The highest BCUT2D eigenvalue weighted by atomic mass is 19.4. The first kappa shape index (κ1) is 14.5. The molecule has 0 saturated carbocycles. The minimum Gasteiger partial charge on any atom is -0.478 e. The molecule has 100 valence electrons. The minimum absolute atomic E-state index is 0.224. The zero-order valence-corrected chi connectivity index (χ0v) is 9.02. The summed E-state index contributed by atoms with van der Waals surface area (Å²) in [6.45, 7) is 0. The van der Waals surface area contributed by atoms with Gasteiger partial charge in [-0.3, -0.25) is 0 Å². The molecule has 0 unspecified atom stereocenters. The fourth-order valence-corrected chi connectivity index (χ4v) is 1.15. The summed E-state index contributed by atoms with van der Waals surface area (Å²) in [4.78, 5) is 12.8. The molecule has 1 aromatic rings. The molecule has 0 aliphatic heterocycles. The van der Waals surface area contributed by atoms with E-state index in [1.165, 1.54) is 0 Å². The maximum absolute atomic E-state index is 13.4. The Labute approximate surface area is 103 Å². The van der Waals surface area contributed by atoms with Crippen LogP contribution >= 0.6 is 0 Å².